The Balaban J connectivity index is 1.48. The summed E-state index contributed by atoms with van der Waals surface area (Å²) in [5.41, 5.74) is 7.50. The van der Waals surface area contributed by atoms with Crippen LogP contribution < -0.4 is 4.72 Å². The number of furan rings is 1. The topological polar surface area (TPSA) is 47.2 Å². The van der Waals surface area contributed by atoms with E-state index in [4.69, 9.17) is 4.42 Å². The lowest BCUT2D eigenvalue weighted by Crippen LogP contribution is -2.33. The van der Waals surface area contributed by atoms with E-state index in [0.29, 0.717) is 0 Å². The average molecular weight is 563 g/mol. The molecule has 0 atom stereocenters. The first-order valence-corrected chi connectivity index (χ1v) is 16.3. The van der Waals surface area contributed by atoms with Gasteiger partial charge in [-0.05, 0) is 56.3 Å². The lowest BCUT2D eigenvalue weighted by atomic mass is 9.99. The van der Waals surface area contributed by atoms with Gasteiger partial charge in [0.1, 0.15) is 5.58 Å². The number of benzene rings is 6. The fourth-order valence-corrected chi connectivity index (χ4v) is 8.93. The molecule has 1 aliphatic rings. The van der Waals surface area contributed by atoms with Gasteiger partial charge in [-0.15, -0.1) is 0 Å². The van der Waals surface area contributed by atoms with Crippen molar-refractivity contribution in [2.45, 2.75) is 4.90 Å². The summed E-state index contributed by atoms with van der Waals surface area (Å²) in [6.45, 7) is 0. The lowest BCUT2D eigenvalue weighted by Gasteiger charge is -2.32. The second-order valence-electron chi connectivity index (χ2n) is 11.1. The molecule has 8 aromatic rings. The molecule has 0 bridgehead atoms. The number of para-hydroxylation sites is 2. The highest BCUT2D eigenvalue weighted by molar-refractivity contribution is 8.01. The van der Waals surface area contributed by atoms with Crippen LogP contribution in [0.25, 0.3) is 72.0 Å². The van der Waals surface area contributed by atoms with Gasteiger partial charge >= 0.3 is 0 Å². The van der Waals surface area contributed by atoms with E-state index < -0.39 is 10.1 Å². The van der Waals surface area contributed by atoms with Crippen molar-refractivity contribution in [3.8, 4) is 5.69 Å². The van der Waals surface area contributed by atoms with Crippen LogP contribution in [0.3, 0.4) is 0 Å². The smallest absolute Gasteiger partial charge is 0.160 e. The minimum Gasteiger partial charge on any atom is -0.454 e. The van der Waals surface area contributed by atoms with Crippen molar-refractivity contribution < 1.29 is 8.63 Å². The number of hydrogen-bond acceptors (Lipinski definition) is 2. The van der Waals surface area contributed by atoms with Gasteiger partial charge in [0.25, 0.3) is 0 Å². The quantitative estimate of drug-likeness (QED) is 0.207. The minimum absolute atomic E-state index is 0.824. The van der Waals surface area contributed by atoms with Crippen LogP contribution in [0.1, 0.15) is 11.1 Å². The van der Waals surface area contributed by atoms with E-state index >= 15 is 0 Å². The van der Waals surface area contributed by atoms with Gasteiger partial charge in [-0.3, -0.25) is 4.21 Å². The van der Waals surface area contributed by atoms with Crippen molar-refractivity contribution in [3.05, 3.63) is 132 Å². The van der Waals surface area contributed by atoms with Crippen LogP contribution in [0.15, 0.2) is 131 Å². The standard InChI is InChI=1S/C37H26N2O2S/c1-42(40)37-24(22-29(38-42)23-12-3-2-4-13-23)14-11-20-31(37)39-30-19-9-7-17-27(30)33-25-15-5-6-16-26(25)34-28-18-8-10-21-32(28)41-36(34)35(33)39/h2-22,42H,1H3,(H,38,40). The largest absolute Gasteiger partial charge is 0.454 e. The molecule has 0 spiro atoms. The molecule has 0 unspecified atom stereocenters. The Labute approximate surface area is 243 Å². The van der Waals surface area contributed by atoms with E-state index in [-0.39, 0.29) is 0 Å². The maximum absolute atomic E-state index is 14.7. The van der Waals surface area contributed by atoms with Crippen molar-refractivity contribution in [1.29, 1.82) is 0 Å². The summed E-state index contributed by atoms with van der Waals surface area (Å²) in [6, 6.07) is 41.7. The average Bonchev–Trinajstić information content (AvgIpc) is 3.58. The molecule has 42 heavy (non-hydrogen) atoms. The highest BCUT2D eigenvalue weighted by Crippen LogP contribution is 2.47. The zero-order valence-electron chi connectivity index (χ0n) is 22.8. The highest BCUT2D eigenvalue weighted by atomic mass is 32.3. The molecule has 9 rings (SSSR count). The normalized spacial score (nSPS) is 15.2. The Hall–Kier alpha value is -5.13. The summed E-state index contributed by atoms with van der Waals surface area (Å²) in [5, 5.41) is 6.82. The summed E-state index contributed by atoms with van der Waals surface area (Å²) in [7, 11) is -3.04. The van der Waals surface area contributed by atoms with Gasteiger partial charge < -0.3 is 13.7 Å². The third-order valence-corrected chi connectivity index (χ3v) is 10.6. The van der Waals surface area contributed by atoms with E-state index in [1.807, 2.05) is 48.7 Å². The molecule has 3 heterocycles. The number of hydrogen-bond donors (Lipinski definition) is 2. The van der Waals surface area contributed by atoms with Gasteiger partial charge in [-0.25, -0.2) is 0 Å². The molecular formula is C37H26N2O2S. The van der Waals surface area contributed by atoms with Gasteiger partial charge in [0.05, 0.1) is 27.3 Å². The lowest BCUT2D eigenvalue weighted by molar-refractivity contribution is 0.668. The Bertz CT molecular complexity index is 2480. The predicted molar refractivity (Wildman–Crippen MR) is 177 cm³/mol. The van der Waals surface area contributed by atoms with Gasteiger partial charge in [0.15, 0.2) is 5.58 Å². The first-order chi connectivity index (χ1) is 20.6. The summed E-state index contributed by atoms with van der Waals surface area (Å²) in [5.74, 6) is 0. The molecule has 2 aromatic heterocycles. The molecule has 4 nitrogen and oxygen atoms in total. The molecule has 0 amide bonds. The van der Waals surface area contributed by atoms with Gasteiger partial charge in [-0.2, -0.15) is 0 Å². The Kier molecular flexibility index (Phi) is 4.74. The fraction of sp³-hybridized carbons (Fsp3) is 0.0270. The van der Waals surface area contributed by atoms with Crippen LogP contribution in [0.5, 0.6) is 0 Å². The predicted octanol–water partition coefficient (Wildman–Crippen LogP) is 8.86. The fourth-order valence-electron chi connectivity index (χ4n) is 6.93. The number of nitrogens with zero attached hydrogens (tertiary/aromatic N) is 1. The Morgan fingerprint density at radius 2 is 1.33 bits per heavy atom. The molecule has 0 saturated heterocycles. The molecule has 1 N–H and O–H groups in total. The van der Waals surface area contributed by atoms with Crippen molar-refractivity contribution in [2.24, 2.45) is 0 Å². The van der Waals surface area contributed by atoms with E-state index in [9.17, 15) is 4.21 Å². The number of fused-ring (bicyclic) bond motifs is 11. The molecule has 0 aliphatic carbocycles. The summed E-state index contributed by atoms with van der Waals surface area (Å²) < 4.78 is 27.1. The van der Waals surface area contributed by atoms with Crippen LogP contribution >= 0.6 is 0 Å². The van der Waals surface area contributed by atoms with Crippen LogP contribution in [-0.4, -0.2) is 15.0 Å². The Morgan fingerprint density at radius 3 is 2.14 bits per heavy atom. The van der Waals surface area contributed by atoms with Crippen LogP contribution in [-0.2, 0) is 10.1 Å². The molecule has 0 saturated carbocycles. The number of nitrogens with one attached hydrogen (secondary N) is 1. The maximum Gasteiger partial charge on any atom is 0.160 e. The van der Waals surface area contributed by atoms with Crippen molar-refractivity contribution >= 4 is 76.4 Å². The minimum atomic E-state index is -3.04. The van der Waals surface area contributed by atoms with Gasteiger partial charge in [0.2, 0.25) is 0 Å². The molecule has 1 aliphatic heterocycles. The summed E-state index contributed by atoms with van der Waals surface area (Å²) >= 11 is 0. The van der Waals surface area contributed by atoms with Crippen LogP contribution in [0, 0.1) is 0 Å². The van der Waals surface area contributed by atoms with Crippen molar-refractivity contribution in [3.63, 3.8) is 0 Å². The molecule has 0 fully saturated rings. The zero-order valence-corrected chi connectivity index (χ0v) is 23.7. The van der Waals surface area contributed by atoms with Gasteiger partial charge in [0, 0.05) is 27.8 Å². The second kappa shape index (κ2) is 8.44. The highest BCUT2D eigenvalue weighted by Gasteiger charge is 2.29. The first kappa shape index (κ1) is 23.6. The Morgan fingerprint density at radius 1 is 0.667 bits per heavy atom. The zero-order chi connectivity index (χ0) is 28.0. The molecule has 6 aromatic carbocycles. The van der Waals surface area contributed by atoms with E-state index in [1.165, 1.54) is 10.8 Å². The third kappa shape index (κ3) is 3.14. The number of thiol groups is 1. The van der Waals surface area contributed by atoms with Crippen LogP contribution in [0.2, 0.25) is 0 Å². The first-order valence-electron chi connectivity index (χ1n) is 14.1. The number of aromatic nitrogens is 1. The molecule has 202 valence electrons. The molecule has 5 heteroatoms. The van der Waals surface area contributed by atoms with E-state index in [0.717, 1.165) is 71.2 Å². The SMILES string of the molecule is C[SH]1(=O)NC(c2ccccc2)=Cc2cccc(-n3c4ccccc4c4c5ccccc5c5c6ccccc6oc5c43)c21. The van der Waals surface area contributed by atoms with E-state index in [2.05, 4.69) is 94.2 Å². The van der Waals surface area contributed by atoms with Gasteiger partial charge in [-0.1, -0.05) is 103 Å². The third-order valence-electron chi connectivity index (χ3n) is 8.58. The maximum atomic E-state index is 14.7. The summed E-state index contributed by atoms with van der Waals surface area (Å²) in [6.07, 6.45) is 3.96. The second-order valence-corrected chi connectivity index (χ2v) is 13.6. The molecule has 0 radical (unpaired) electrons. The summed E-state index contributed by atoms with van der Waals surface area (Å²) in [4.78, 5) is 0.824. The molecular weight excluding hydrogens is 536 g/mol. The number of rotatable bonds is 2. The van der Waals surface area contributed by atoms with E-state index in [1.54, 1.807) is 0 Å². The van der Waals surface area contributed by atoms with Crippen LogP contribution in [0.4, 0.5) is 0 Å². The van der Waals surface area contributed by atoms with Crippen molar-refractivity contribution in [1.82, 2.24) is 9.29 Å². The van der Waals surface area contributed by atoms with Crippen molar-refractivity contribution in [2.75, 3.05) is 6.26 Å². The monoisotopic (exact) mass is 562 g/mol.